The molecule has 5 heteroatoms. The van der Waals surface area contributed by atoms with Crippen LogP contribution in [0.3, 0.4) is 0 Å². The molecular weight excluding hydrogens is 232 g/mol. The average molecular weight is 254 g/mol. The van der Waals surface area contributed by atoms with E-state index in [1.54, 1.807) is 6.20 Å². The lowest BCUT2D eigenvalue weighted by atomic mass is 10.1. The molecule has 0 aromatic carbocycles. The van der Waals surface area contributed by atoms with Crippen LogP contribution in [0.25, 0.3) is 0 Å². The van der Waals surface area contributed by atoms with Crippen LogP contribution < -0.4 is 17.0 Å². The Bertz CT molecular complexity index is 332. The number of hydrazine groups is 1. The van der Waals surface area contributed by atoms with Crippen LogP contribution in [0.1, 0.15) is 25.8 Å². The Hall–Kier alpha value is -0.780. The number of nitrogens with zero attached hydrogens (tertiary/aromatic N) is 1. The second kappa shape index (κ2) is 7.53. The third-order valence-electron chi connectivity index (χ3n) is 2.72. The van der Waals surface area contributed by atoms with Crippen molar-refractivity contribution < 1.29 is 0 Å². The van der Waals surface area contributed by atoms with Gasteiger partial charge >= 0.3 is 0 Å². The summed E-state index contributed by atoms with van der Waals surface area (Å²) < 4.78 is 0. The van der Waals surface area contributed by atoms with Crippen molar-refractivity contribution in [3.8, 4) is 0 Å². The first-order valence-corrected chi connectivity index (χ1v) is 6.98. The Morgan fingerprint density at radius 3 is 2.88 bits per heavy atom. The molecule has 0 fully saturated rings. The van der Waals surface area contributed by atoms with Crippen LogP contribution in [-0.2, 0) is 6.42 Å². The maximum absolute atomic E-state index is 5.65. The maximum atomic E-state index is 5.65. The molecule has 1 aromatic heterocycles. The normalized spacial score (nSPS) is 14.5. The summed E-state index contributed by atoms with van der Waals surface area (Å²) in [4.78, 5) is 3.98. The number of thioether (sulfide) groups is 1. The standard InChI is InChI=1S/C12H22N4S/c1-3-9(2)17-8-11(16-14)6-10-4-5-15-12(13)7-10/h4-5,7,9,11,16H,3,6,8,14H2,1-2H3,(H2,13,15). The maximum Gasteiger partial charge on any atom is 0.123 e. The van der Waals surface area contributed by atoms with Gasteiger partial charge in [-0.25, -0.2) is 4.98 Å². The molecule has 17 heavy (non-hydrogen) atoms. The molecule has 2 unspecified atom stereocenters. The smallest absolute Gasteiger partial charge is 0.123 e. The molecule has 96 valence electrons. The van der Waals surface area contributed by atoms with Gasteiger partial charge < -0.3 is 5.73 Å². The van der Waals surface area contributed by atoms with Gasteiger partial charge in [0.15, 0.2) is 0 Å². The summed E-state index contributed by atoms with van der Waals surface area (Å²) in [5.74, 6) is 7.15. The fraction of sp³-hybridized carbons (Fsp3) is 0.583. The minimum atomic E-state index is 0.274. The number of pyridine rings is 1. The van der Waals surface area contributed by atoms with Crippen LogP contribution in [0.15, 0.2) is 18.3 Å². The van der Waals surface area contributed by atoms with Crippen LogP contribution in [0.4, 0.5) is 5.82 Å². The lowest BCUT2D eigenvalue weighted by molar-refractivity contribution is 0.574. The van der Waals surface area contributed by atoms with Crippen molar-refractivity contribution in [1.82, 2.24) is 10.4 Å². The van der Waals surface area contributed by atoms with E-state index in [0.29, 0.717) is 11.1 Å². The third-order valence-corrected chi connectivity index (χ3v) is 4.22. The Morgan fingerprint density at radius 1 is 1.53 bits per heavy atom. The molecule has 5 N–H and O–H groups in total. The zero-order chi connectivity index (χ0) is 12.7. The van der Waals surface area contributed by atoms with E-state index in [1.807, 2.05) is 23.9 Å². The van der Waals surface area contributed by atoms with E-state index in [0.717, 1.165) is 12.2 Å². The van der Waals surface area contributed by atoms with E-state index in [9.17, 15) is 0 Å². The molecule has 1 heterocycles. The van der Waals surface area contributed by atoms with Gasteiger partial charge in [0.05, 0.1) is 0 Å². The fourth-order valence-corrected chi connectivity index (χ4v) is 2.48. The lowest BCUT2D eigenvalue weighted by Crippen LogP contribution is -2.39. The van der Waals surface area contributed by atoms with Crippen molar-refractivity contribution in [3.63, 3.8) is 0 Å². The first kappa shape index (κ1) is 14.3. The zero-order valence-electron chi connectivity index (χ0n) is 10.5. The number of hydrogen-bond acceptors (Lipinski definition) is 5. The first-order chi connectivity index (χ1) is 8.15. The van der Waals surface area contributed by atoms with Gasteiger partial charge in [-0.2, -0.15) is 11.8 Å². The van der Waals surface area contributed by atoms with Gasteiger partial charge in [-0.15, -0.1) is 0 Å². The first-order valence-electron chi connectivity index (χ1n) is 5.93. The molecule has 0 saturated heterocycles. The summed E-state index contributed by atoms with van der Waals surface area (Å²) in [6.45, 7) is 4.44. The molecule has 1 rings (SSSR count). The van der Waals surface area contributed by atoms with Gasteiger partial charge in [-0.1, -0.05) is 13.8 Å². The molecule has 0 aliphatic carbocycles. The summed E-state index contributed by atoms with van der Waals surface area (Å²) in [5, 5.41) is 0.674. The minimum Gasteiger partial charge on any atom is -0.384 e. The highest BCUT2D eigenvalue weighted by Crippen LogP contribution is 2.16. The number of nitrogens with two attached hydrogens (primary N) is 2. The molecule has 0 bridgehead atoms. The van der Waals surface area contributed by atoms with Crippen molar-refractivity contribution in [2.24, 2.45) is 5.84 Å². The molecule has 1 aromatic rings. The molecule has 0 spiro atoms. The molecular formula is C12H22N4S. The fourth-order valence-electron chi connectivity index (χ4n) is 1.47. The van der Waals surface area contributed by atoms with E-state index in [2.05, 4.69) is 24.3 Å². The van der Waals surface area contributed by atoms with Crippen LogP contribution in [-0.4, -0.2) is 22.0 Å². The molecule has 0 amide bonds. The van der Waals surface area contributed by atoms with E-state index >= 15 is 0 Å². The monoisotopic (exact) mass is 254 g/mol. The van der Waals surface area contributed by atoms with Gasteiger partial charge in [0.1, 0.15) is 5.82 Å². The Labute approximate surface area is 108 Å². The number of aromatic nitrogens is 1. The van der Waals surface area contributed by atoms with Crippen LogP contribution >= 0.6 is 11.8 Å². The van der Waals surface area contributed by atoms with Gasteiger partial charge in [-0.3, -0.25) is 11.3 Å². The van der Waals surface area contributed by atoms with Crippen molar-refractivity contribution in [2.75, 3.05) is 11.5 Å². The van der Waals surface area contributed by atoms with Gasteiger partial charge in [0.2, 0.25) is 0 Å². The SMILES string of the molecule is CCC(C)SCC(Cc1ccnc(N)c1)NN. The average Bonchev–Trinajstić information content (AvgIpc) is 2.34. The molecule has 2 atom stereocenters. The highest BCUT2D eigenvalue weighted by Gasteiger charge is 2.10. The quantitative estimate of drug-likeness (QED) is 0.508. The second-order valence-corrected chi connectivity index (χ2v) is 5.68. The predicted molar refractivity (Wildman–Crippen MR) is 75.7 cm³/mol. The molecule has 0 aliphatic heterocycles. The Morgan fingerprint density at radius 2 is 2.29 bits per heavy atom. The Balaban J connectivity index is 2.46. The lowest BCUT2D eigenvalue weighted by Gasteiger charge is -2.17. The van der Waals surface area contributed by atoms with Crippen LogP contribution in [0.2, 0.25) is 0 Å². The largest absolute Gasteiger partial charge is 0.384 e. The van der Waals surface area contributed by atoms with Crippen molar-refractivity contribution in [3.05, 3.63) is 23.9 Å². The minimum absolute atomic E-state index is 0.274. The molecule has 0 saturated carbocycles. The molecule has 0 radical (unpaired) electrons. The van der Waals surface area contributed by atoms with Crippen molar-refractivity contribution >= 4 is 17.6 Å². The second-order valence-electron chi connectivity index (χ2n) is 4.21. The van der Waals surface area contributed by atoms with Gasteiger partial charge in [-0.05, 0) is 30.5 Å². The summed E-state index contributed by atoms with van der Waals surface area (Å²) >= 11 is 1.94. The van der Waals surface area contributed by atoms with E-state index < -0.39 is 0 Å². The number of hydrogen-bond donors (Lipinski definition) is 3. The summed E-state index contributed by atoms with van der Waals surface area (Å²) in [5.41, 5.74) is 9.69. The number of nitrogen functional groups attached to an aromatic ring is 1. The summed E-state index contributed by atoms with van der Waals surface area (Å²) in [7, 11) is 0. The van der Waals surface area contributed by atoms with E-state index in [-0.39, 0.29) is 6.04 Å². The number of anilines is 1. The highest BCUT2D eigenvalue weighted by atomic mass is 32.2. The Kier molecular flexibility index (Phi) is 6.32. The molecule has 0 aliphatic rings. The molecule has 4 nitrogen and oxygen atoms in total. The summed E-state index contributed by atoms with van der Waals surface area (Å²) in [6.07, 6.45) is 3.80. The van der Waals surface area contributed by atoms with Crippen LogP contribution in [0.5, 0.6) is 0 Å². The third kappa shape index (κ3) is 5.39. The predicted octanol–water partition coefficient (Wildman–Crippen LogP) is 1.57. The number of nitrogens with one attached hydrogen (secondary N) is 1. The highest BCUT2D eigenvalue weighted by molar-refractivity contribution is 7.99. The van der Waals surface area contributed by atoms with Crippen LogP contribution in [0, 0.1) is 0 Å². The number of rotatable bonds is 7. The van der Waals surface area contributed by atoms with Gasteiger partial charge in [0, 0.05) is 23.2 Å². The van der Waals surface area contributed by atoms with Crippen molar-refractivity contribution in [1.29, 1.82) is 0 Å². The van der Waals surface area contributed by atoms with Gasteiger partial charge in [0.25, 0.3) is 0 Å². The van der Waals surface area contributed by atoms with Crippen molar-refractivity contribution in [2.45, 2.75) is 38.0 Å². The van der Waals surface area contributed by atoms with E-state index in [1.165, 1.54) is 12.0 Å². The van der Waals surface area contributed by atoms with E-state index in [4.69, 9.17) is 11.6 Å². The zero-order valence-corrected chi connectivity index (χ0v) is 11.3. The topological polar surface area (TPSA) is 77.0 Å². The summed E-state index contributed by atoms with van der Waals surface area (Å²) in [6, 6.07) is 4.16.